The van der Waals surface area contributed by atoms with Gasteiger partial charge in [0.2, 0.25) is 0 Å². The summed E-state index contributed by atoms with van der Waals surface area (Å²) in [5.74, 6) is -1.12. The van der Waals surface area contributed by atoms with Gasteiger partial charge in [0.25, 0.3) is 5.91 Å². The minimum atomic E-state index is -1.16. The molecule has 0 bridgehead atoms. The number of halogens is 2. The van der Waals surface area contributed by atoms with E-state index in [1.54, 1.807) is 42.5 Å². The fraction of sp³-hybridized carbons (Fsp3) is 0.327. The van der Waals surface area contributed by atoms with E-state index in [0.29, 0.717) is 152 Å². The lowest BCUT2D eigenvalue weighted by atomic mass is 9.90. The zero-order chi connectivity index (χ0) is 50.8. The number of thiocarbonyl (C=S) groups is 1. The van der Waals surface area contributed by atoms with E-state index in [1.807, 2.05) is 24.3 Å². The number of hydrogen-bond acceptors (Lipinski definition) is 12. The van der Waals surface area contributed by atoms with E-state index in [1.165, 1.54) is 30.3 Å². The van der Waals surface area contributed by atoms with Crippen LogP contribution >= 0.6 is 35.4 Å². The molecule has 72 heavy (non-hydrogen) atoms. The molecule has 4 aromatic carbocycles. The van der Waals surface area contributed by atoms with Crippen LogP contribution in [0.3, 0.4) is 0 Å². The Morgan fingerprint density at radius 3 is 2.19 bits per heavy atom. The number of ether oxygens (including phenoxy) is 4. The number of carbonyl (C=O) groups is 3. The molecule has 2 aliphatic heterocycles. The molecule has 17 nitrogen and oxygen atoms in total. The van der Waals surface area contributed by atoms with Crippen LogP contribution in [0.4, 0.5) is 10.5 Å². The van der Waals surface area contributed by atoms with Crippen molar-refractivity contribution in [2.24, 2.45) is 0 Å². The standard InChI is InChI=1S/C52H56Cl2N6O11S/c53-44-14-5-34(25-45(44)54)31-60-17-20-70-39(32-60)30-58-51(66)57-29-33-3-6-35(7-4-33)49(63)55-15-1-18-67-21-23-69-24-22-68-19-2-16-56-52(72)59-36-8-11-40(43(26-36)50(64)65)48-41-12-9-37(61)27-46(41)71-47-28-38(62)10-13-42(47)48/h3-14,25-28,39,61H,1-2,15-24,29-32H2,(H,55,63)(H,64,65)(H2,56,59,72)(H2,57,58,66)/t39-/m0/s1. The summed E-state index contributed by atoms with van der Waals surface area (Å²) in [4.78, 5) is 52.1. The van der Waals surface area contributed by atoms with Gasteiger partial charge in [0.15, 0.2) is 10.5 Å². The highest BCUT2D eigenvalue weighted by atomic mass is 35.5. The van der Waals surface area contributed by atoms with Crippen LogP contribution in [0.25, 0.3) is 33.4 Å². The van der Waals surface area contributed by atoms with Crippen molar-refractivity contribution in [1.29, 1.82) is 0 Å². The lowest BCUT2D eigenvalue weighted by molar-refractivity contribution is -0.0287. The number of phenols is 1. The summed E-state index contributed by atoms with van der Waals surface area (Å²) < 4.78 is 28.6. The summed E-state index contributed by atoms with van der Waals surface area (Å²) in [6, 6.07) is 26.1. The van der Waals surface area contributed by atoms with Gasteiger partial charge in [-0.25, -0.2) is 9.59 Å². The molecule has 0 aromatic heterocycles. The molecule has 380 valence electrons. The van der Waals surface area contributed by atoms with E-state index in [-0.39, 0.29) is 40.5 Å². The van der Waals surface area contributed by atoms with Crippen LogP contribution < -0.4 is 32.0 Å². The van der Waals surface area contributed by atoms with E-state index < -0.39 is 5.97 Å². The topological polar surface area (TPSA) is 222 Å². The molecule has 20 heteroatoms. The van der Waals surface area contributed by atoms with E-state index >= 15 is 0 Å². The number of benzene rings is 5. The summed E-state index contributed by atoms with van der Waals surface area (Å²) in [5, 5.41) is 37.0. The predicted molar refractivity (Wildman–Crippen MR) is 280 cm³/mol. The van der Waals surface area contributed by atoms with Crippen molar-refractivity contribution in [3.05, 3.63) is 140 Å². The van der Waals surface area contributed by atoms with Crippen LogP contribution in [0.1, 0.15) is 44.7 Å². The van der Waals surface area contributed by atoms with Crippen molar-refractivity contribution < 1.29 is 48.0 Å². The minimum Gasteiger partial charge on any atom is -0.508 e. The number of fused-ring (bicyclic) bond motifs is 2. The molecule has 1 aliphatic carbocycles. The smallest absolute Gasteiger partial charge is 0.336 e. The van der Waals surface area contributed by atoms with Gasteiger partial charge in [-0.3, -0.25) is 14.5 Å². The number of aromatic carboxylic acids is 1. The second-order valence-electron chi connectivity index (χ2n) is 16.8. The Bertz CT molecular complexity index is 2850. The van der Waals surface area contributed by atoms with Gasteiger partial charge < -0.3 is 60.2 Å². The zero-order valence-electron chi connectivity index (χ0n) is 39.3. The maximum Gasteiger partial charge on any atom is 0.336 e. The summed E-state index contributed by atoms with van der Waals surface area (Å²) in [5.41, 5.74) is 4.44. The monoisotopic (exact) mass is 1040 g/mol. The van der Waals surface area contributed by atoms with Crippen molar-refractivity contribution in [2.45, 2.75) is 32.0 Å². The highest BCUT2D eigenvalue weighted by molar-refractivity contribution is 7.80. The van der Waals surface area contributed by atoms with Crippen molar-refractivity contribution in [3.8, 4) is 28.2 Å². The number of urea groups is 1. The molecule has 0 saturated carbocycles. The summed E-state index contributed by atoms with van der Waals surface area (Å²) in [6.07, 6.45) is 1.15. The minimum absolute atomic E-state index is 0.00356. The number of nitrogens with one attached hydrogen (secondary N) is 5. The SMILES string of the molecule is O=C(NCc1ccc(C(=O)NCCCOCCOCCOCCCNC(=S)Nc2ccc(-c3c4ccc(=O)cc-4oc4cc(O)ccc34)c(C(=O)O)c2)cc1)NC[C@H]1CN(Cc2ccc(Cl)c(Cl)c2)CCO1. The number of aromatic hydroxyl groups is 1. The zero-order valence-corrected chi connectivity index (χ0v) is 41.6. The molecule has 7 N–H and O–H groups in total. The van der Waals surface area contributed by atoms with Gasteiger partial charge in [0.1, 0.15) is 17.1 Å². The molecule has 0 unspecified atom stereocenters. The number of phenolic OH excluding ortho intramolecular Hbond substituents is 1. The highest BCUT2D eigenvalue weighted by Crippen LogP contribution is 2.42. The van der Waals surface area contributed by atoms with Crippen LogP contribution in [0.15, 0.2) is 106 Å². The molecule has 7 rings (SSSR count). The maximum atomic E-state index is 12.6. The van der Waals surface area contributed by atoms with E-state index in [4.69, 9.17) is 58.8 Å². The van der Waals surface area contributed by atoms with Crippen molar-refractivity contribution >= 4 is 75.1 Å². The average Bonchev–Trinajstić information content (AvgIpc) is 3.36. The quantitative estimate of drug-likeness (QED) is 0.0177. The molecule has 1 fully saturated rings. The molecule has 3 aliphatic rings. The summed E-state index contributed by atoms with van der Waals surface area (Å²) in [6.45, 7) is 6.92. The third-order valence-electron chi connectivity index (χ3n) is 11.5. The number of carboxylic acids is 1. The normalized spacial score (nSPS) is 13.7. The Hall–Kier alpha value is -6.35. The van der Waals surface area contributed by atoms with Gasteiger partial charge in [-0.05, 0) is 102 Å². The number of hydrogen-bond donors (Lipinski definition) is 7. The number of anilines is 1. The van der Waals surface area contributed by atoms with Crippen molar-refractivity contribution in [3.63, 3.8) is 0 Å². The number of amides is 3. The van der Waals surface area contributed by atoms with Crippen LogP contribution in [-0.2, 0) is 32.0 Å². The lowest BCUT2D eigenvalue weighted by Gasteiger charge is -2.33. The van der Waals surface area contributed by atoms with Crippen LogP contribution in [0.5, 0.6) is 5.75 Å². The van der Waals surface area contributed by atoms with Crippen molar-refractivity contribution in [2.75, 3.05) is 84.3 Å². The molecular weight excluding hydrogens is 988 g/mol. The first kappa shape index (κ1) is 53.4. The average molecular weight is 1040 g/mol. The Morgan fingerprint density at radius 2 is 1.46 bits per heavy atom. The van der Waals surface area contributed by atoms with Gasteiger partial charge in [0.05, 0.1) is 54.7 Å². The first-order valence-electron chi connectivity index (χ1n) is 23.4. The highest BCUT2D eigenvalue weighted by Gasteiger charge is 2.24. The molecule has 3 amide bonds. The first-order chi connectivity index (χ1) is 34.9. The van der Waals surface area contributed by atoms with Gasteiger partial charge in [-0.2, -0.15) is 0 Å². The third-order valence-corrected chi connectivity index (χ3v) is 12.5. The third kappa shape index (κ3) is 15.8. The fourth-order valence-electron chi connectivity index (χ4n) is 7.91. The molecule has 1 atom stereocenters. The van der Waals surface area contributed by atoms with E-state index in [0.717, 1.165) is 17.7 Å². The lowest BCUT2D eigenvalue weighted by Crippen LogP contribution is -2.48. The second kappa shape index (κ2) is 26.9. The van der Waals surface area contributed by atoms with E-state index in [9.17, 15) is 29.4 Å². The largest absolute Gasteiger partial charge is 0.508 e. The number of carbonyl (C=O) groups excluding carboxylic acids is 2. The maximum absolute atomic E-state index is 12.6. The summed E-state index contributed by atoms with van der Waals surface area (Å²) >= 11 is 17.7. The Balaban J connectivity index is 0.687. The first-order valence-corrected chi connectivity index (χ1v) is 24.6. The van der Waals surface area contributed by atoms with Crippen LogP contribution in [0, 0.1) is 0 Å². The molecule has 2 heterocycles. The molecule has 0 spiro atoms. The van der Waals surface area contributed by atoms with Crippen molar-refractivity contribution in [1.82, 2.24) is 26.2 Å². The second-order valence-corrected chi connectivity index (χ2v) is 18.0. The Labute approximate surface area is 431 Å². The Morgan fingerprint density at radius 1 is 0.750 bits per heavy atom. The fourth-order valence-corrected chi connectivity index (χ4v) is 8.45. The van der Waals surface area contributed by atoms with Gasteiger partial charge >= 0.3 is 12.0 Å². The predicted octanol–water partition coefficient (Wildman–Crippen LogP) is 7.52. The summed E-state index contributed by atoms with van der Waals surface area (Å²) in [7, 11) is 0. The molecule has 1 saturated heterocycles. The number of morpholine rings is 1. The van der Waals surface area contributed by atoms with Gasteiger partial charge in [-0.15, -0.1) is 0 Å². The van der Waals surface area contributed by atoms with Crippen LogP contribution in [0.2, 0.25) is 10.0 Å². The van der Waals surface area contributed by atoms with Gasteiger partial charge in [0, 0.05) is 98.9 Å². The number of rotatable bonds is 24. The molecule has 4 aromatic rings. The number of nitrogens with zero attached hydrogens (tertiary/aromatic N) is 1. The van der Waals surface area contributed by atoms with Crippen LogP contribution in [-0.4, -0.2) is 123 Å². The number of carboxylic acid groups (broad SMARTS) is 1. The Kier molecular flexibility index (Phi) is 20.0. The van der Waals surface area contributed by atoms with E-state index in [2.05, 4.69) is 31.5 Å². The molecule has 0 radical (unpaired) electrons. The van der Waals surface area contributed by atoms with Gasteiger partial charge in [-0.1, -0.05) is 47.5 Å². The molecular formula is C52H56Cl2N6O11S.